The van der Waals surface area contributed by atoms with Crippen molar-refractivity contribution in [2.75, 3.05) is 6.61 Å². The summed E-state index contributed by atoms with van der Waals surface area (Å²) in [7, 11) is 0. The van der Waals surface area contributed by atoms with Gasteiger partial charge in [-0.15, -0.1) is 0 Å². The van der Waals surface area contributed by atoms with E-state index < -0.39 is 23.7 Å². The van der Waals surface area contributed by atoms with Crippen LogP contribution in [-0.2, 0) is 14.4 Å². The Hall–Kier alpha value is -1.13. The molecule has 0 radical (unpaired) electrons. The van der Waals surface area contributed by atoms with E-state index in [4.69, 9.17) is 9.57 Å². The molecule has 17 heavy (non-hydrogen) atoms. The van der Waals surface area contributed by atoms with E-state index in [2.05, 4.69) is 5.16 Å². The Morgan fingerprint density at radius 1 is 1.71 bits per heavy atom. The predicted octanol–water partition coefficient (Wildman–Crippen LogP) is 2.08. The highest BCUT2D eigenvalue weighted by molar-refractivity contribution is 5.95. The van der Waals surface area contributed by atoms with E-state index in [1.54, 1.807) is 6.92 Å². The van der Waals surface area contributed by atoms with Gasteiger partial charge in [0.15, 0.2) is 0 Å². The van der Waals surface area contributed by atoms with Crippen molar-refractivity contribution in [3.05, 3.63) is 0 Å². The molecule has 96 valence electrons. The molecule has 1 aliphatic heterocycles. The quantitative estimate of drug-likeness (QED) is 0.710. The van der Waals surface area contributed by atoms with Crippen LogP contribution in [0.4, 0.5) is 4.39 Å². The smallest absolute Gasteiger partial charge is 0.354 e. The fraction of sp³-hybridized carbons (Fsp3) is 0.833. The summed E-state index contributed by atoms with van der Waals surface area (Å²) in [6.45, 7) is 5.95. The zero-order valence-corrected chi connectivity index (χ0v) is 10.4. The summed E-state index contributed by atoms with van der Waals surface area (Å²) in [4.78, 5) is 17.3. The molecule has 0 aromatic rings. The third kappa shape index (κ3) is 2.03. The second kappa shape index (κ2) is 4.27. The van der Waals surface area contributed by atoms with E-state index >= 15 is 0 Å². The van der Waals surface area contributed by atoms with Crippen LogP contribution in [0.5, 0.6) is 0 Å². The number of hydrogen-bond donors (Lipinski definition) is 0. The minimum absolute atomic E-state index is 0.197. The Morgan fingerprint density at radius 2 is 2.35 bits per heavy atom. The Balaban J connectivity index is 2.15. The Labute approximate surface area is 100 Å². The van der Waals surface area contributed by atoms with Gasteiger partial charge in [-0.1, -0.05) is 19.0 Å². The molecule has 0 amide bonds. The number of rotatable bonds is 4. The lowest BCUT2D eigenvalue weighted by atomic mass is 9.88. The molecule has 0 saturated heterocycles. The molecule has 3 unspecified atom stereocenters. The van der Waals surface area contributed by atoms with Crippen molar-refractivity contribution in [3.8, 4) is 0 Å². The van der Waals surface area contributed by atoms with Crippen LogP contribution in [0.15, 0.2) is 5.16 Å². The molecule has 1 fully saturated rings. The summed E-state index contributed by atoms with van der Waals surface area (Å²) < 4.78 is 18.3. The van der Waals surface area contributed by atoms with Gasteiger partial charge in [0.1, 0.15) is 6.17 Å². The van der Waals surface area contributed by atoms with Crippen molar-refractivity contribution in [1.82, 2.24) is 0 Å². The average Bonchev–Trinajstić information content (AvgIpc) is 2.84. The summed E-state index contributed by atoms with van der Waals surface area (Å²) in [6.07, 6.45) is -0.255. The van der Waals surface area contributed by atoms with Crippen LogP contribution >= 0.6 is 0 Å². The lowest BCUT2D eigenvalue weighted by Gasteiger charge is -2.23. The molecule has 0 aromatic heterocycles. The van der Waals surface area contributed by atoms with Gasteiger partial charge in [0.05, 0.1) is 12.3 Å². The highest BCUT2D eigenvalue weighted by Crippen LogP contribution is 2.49. The summed E-state index contributed by atoms with van der Waals surface area (Å²) in [5.74, 6) is -0.686. The highest BCUT2D eigenvalue weighted by Gasteiger charge is 2.64. The van der Waals surface area contributed by atoms with E-state index in [0.717, 1.165) is 5.71 Å². The molecule has 1 aliphatic carbocycles. The molecule has 1 saturated carbocycles. The van der Waals surface area contributed by atoms with Crippen LogP contribution in [-0.4, -0.2) is 30.1 Å². The van der Waals surface area contributed by atoms with Crippen molar-refractivity contribution < 1.29 is 18.8 Å². The molecule has 2 rings (SSSR count). The maximum absolute atomic E-state index is 13.3. The van der Waals surface area contributed by atoms with Gasteiger partial charge >= 0.3 is 5.97 Å². The second-order valence-electron chi connectivity index (χ2n) is 4.97. The van der Waals surface area contributed by atoms with E-state index in [9.17, 15) is 9.18 Å². The maximum Gasteiger partial charge on any atom is 0.354 e. The molecule has 2 aliphatic rings. The van der Waals surface area contributed by atoms with Crippen molar-refractivity contribution in [2.45, 2.75) is 45.4 Å². The van der Waals surface area contributed by atoms with Crippen molar-refractivity contribution >= 4 is 11.7 Å². The maximum atomic E-state index is 13.3. The summed E-state index contributed by atoms with van der Waals surface area (Å²) in [5.41, 5.74) is -0.396. The van der Waals surface area contributed by atoms with Gasteiger partial charge in [0.2, 0.25) is 5.60 Å². The first-order valence-electron chi connectivity index (χ1n) is 6.07. The molecule has 0 bridgehead atoms. The zero-order chi connectivity index (χ0) is 12.6. The molecule has 3 atom stereocenters. The van der Waals surface area contributed by atoms with E-state index in [-0.39, 0.29) is 12.5 Å². The number of alkyl halides is 1. The number of ether oxygens (including phenoxy) is 1. The van der Waals surface area contributed by atoms with Crippen LogP contribution in [0.2, 0.25) is 0 Å². The standard InChI is InChI=1S/C12H18FNO3/c1-4-16-11(15)12(8-5-9(8)13)6-10(7(2)3)14-17-12/h7-9H,4-6H2,1-3H3. The monoisotopic (exact) mass is 243 g/mol. The van der Waals surface area contributed by atoms with Crippen LogP contribution in [0, 0.1) is 11.8 Å². The number of carbonyl (C=O) groups is 1. The average molecular weight is 243 g/mol. The van der Waals surface area contributed by atoms with Gasteiger partial charge in [-0.25, -0.2) is 9.18 Å². The molecular weight excluding hydrogens is 225 g/mol. The van der Waals surface area contributed by atoms with Crippen LogP contribution in [0.3, 0.4) is 0 Å². The first-order chi connectivity index (χ1) is 8.01. The minimum atomic E-state index is -1.20. The second-order valence-corrected chi connectivity index (χ2v) is 4.97. The first-order valence-corrected chi connectivity index (χ1v) is 6.07. The van der Waals surface area contributed by atoms with Gasteiger partial charge in [0, 0.05) is 12.3 Å². The van der Waals surface area contributed by atoms with Crippen molar-refractivity contribution in [1.29, 1.82) is 0 Å². The molecule has 0 aromatic carbocycles. The number of esters is 1. The first kappa shape index (κ1) is 12.3. The predicted molar refractivity (Wildman–Crippen MR) is 60.3 cm³/mol. The lowest BCUT2D eigenvalue weighted by molar-refractivity contribution is -0.172. The Kier molecular flexibility index (Phi) is 3.10. The Bertz CT molecular complexity index is 356. The lowest BCUT2D eigenvalue weighted by Crippen LogP contribution is -2.44. The SMILES string of the molecule is CCOC(=O)C1(C2CC2F)CC(C(C)C)=NO1. The zero-order valence-electron chi connectivity index (χ0n) is 10.4. The van der Waals surface area contributed by atoms with Gasteiger partial charge < -0.3 is 9.57 Å². The van der Waals surface area contributed by atoms with Gasteiger partial charge in [-0.05, 0) is 19.3 Å². The molecule has 0 N–H and O–H groups in total. The third-order valence-corrected chi connectivity index (χ3v) is 3.37. The Morgan fingerprint density at radius 3 is 2.76 bits per heavy atom. The van der Waals surface area contributed by atoms with E-state index in [1.165, 1.54) is 0 Å². The molecule has 4 nitrogen and oxygen atoms in total. The highest BCUT2D eigenvalue weighted by atomic mass is 19.1. The molecular formula is C12H18FNO3. The van der Waals surface area contributed by atoms with Crippen LogP contribution in [0.1, 0.15) is 33.6 Å². The normalized spacial score (nSPS) is 35.5. The largest absolute Gasteiger partial charge is 0.463 e. The topological polar surface area (TPSA) is 47.9 Å². The number of nitrogens with zero attached hydrogens (tertiary/aromatic N) is 1. The summed E-state index contributed by atoms with van der Waals surface area (Å²) >= 11 is 0. The van der Waals surface area contributed by atoms with Gasteiger partial charge in [-0.2, -0.15) is 0 Å². The molecule has 1 heterocycles. The number of halogens is 1. The van der Waals surface area contributed by atoms with E-state index in [0.29, 0.717) is 12.8 Å². The molecule has 5 heteroatoms. The van der Waals surface area contributed by atoms with Crippen LogP contribution in [0.25, 0.3) is 0 Å². The molecule has 0 spiro atoms. The van der Waals surface area contributed by atoms with E-state index in [1.807, 2.05) is 13.8 Å². The number of carbonyl (C=O) groups excluding carboxylic acids is 1. The van der Waals surface area contributed by atoms with Crippen LogP contribution < -0.4 is 0 Å². The van der Waals surface area contributed by atoms with Crippen molar-refractivity contribution in [3.63, 3.8) is 0 Å². The van der Waals surface area contributed by atoms with Gasteiger partial charge in [-0.3, -0.25) is 0 Å². The number of hydrogen-bond acceptors (Lipinski definition) is 4. The summed E-state index contributed by atoms with van der Waals surface area (Å²) in [5, 5.41) is 3.94. The fourth-order valence-corrected chi connectivity index (χ4v) is 2.14. The minimum Gasteiger partial charge on any atom is -0.463 e. The van der Waals surface area contributed by atoms with Gasteiger partial charge in [0.25, 0.3) is 0 Å². The van der Waals surface area contributed by atoms with Crippen molar-refractivity contribution in [2.24, 2.45) is 17.0 Å². The third-order valence-electron chi connectivity index (χ3n) is 3.37. The fourth-order valence-electron chi connectivity index (χ4n) is 2.14. The summed E-state index contributed by atoms with van der Waals surface area (Å²) in [6, 6.07) is 0. The number of oxime groups is 1.